The highest BCUT2D eigenvalue weighted by atomic mass is 32.1. The van der Waals surface area contributed by atoms with Crippen LogP contribution in [0.2, 0.25) is 0 Å². The summed E-state index contributed by atoms with van der Waals surface area (Å²) in [5.74, 6) is 0. The lowest BCUT2D eigenvalue weighted by Gasteiger charge is -2.06. The second-order valence-electron chi connectivity index (χ2n) is 3.69. The molecule has 0 saturated carbocycles. The minimum atomic E-state index is 0.0992. The van der Waals surface area contributed by atoms with E-state index in [4.69, 9.17) is 18.0 Å². The molecule has 0 radical (unpaired) electrons. The Morgan fingerprint density at radius 2 is 2.26 bits per heavy atom. The van der Waals surface area contributed by atoms with Crippen molar-refractivity contribution in [1.82, 2.24) is 10.4 Å². The summed E-state index contributed by atoms with van der Waals surface area (Å²) in [4.78, 5) is 8.60. The standard InChI is InChI=1S/C13H13N5S/c14-13(19)18-17-12(11-7-3-5-9-16-11)10-6-2-1-4-8-15-10/h2-9H,1H2,(H3,14,18,19). The molecule has 2 rings (SSSR count). The van der Waals surface area contributed by atoms with Gasteiger partial charge in [-0.1, -0.05) is 18.2 Å². The summed E-state index contributed by atoms with van der Waals surface area (Å²) in [7, 11) is 0. The minimum absolute atomic E-state index is 0.0992. The average molecular weight is 271 g/mol. The maximum absolute atomic E-state index is 5.40. The molecule has 5 nitrogen and oxygen atoms in total. The van der Waals surface area contributed by atoms with Crippen LogP contribution in [0.1, 0.15) is 12.1 Å². The molecule has 1 aromatic rings. The molecule has 1 aromatic heterocycles. The van der Waals surface area contributed by atoms with Gasteiger partial charge in [0, 0.05) is 12.4 Å². The summed E-state index contributed by atoms with van der Waals surface area (Å²) >= 11 is 4.76. The summed E-state index contributed by atoms with van der Waals surface area (Å²) < 4.78 is 0. The lowest BCUT2D eigenvalue weighted by Crippen LogP contribution is -2.28. The van der Waals surface area contributed by atoms with E-state index in [0.29, 0.717) is 17.1 Å². The van der Waals surface area contributed by atoms with E-state index in [-0.39, 0.29) is 5.11 Å². The van der Waals surface area contributed by atoms with Crippen LogP contribution in [0.4, 0.5) is 0 Å². The molecule has 0 aromatic carbocycles. The normalized spacial score (nSPS) is 14.7. The summed E-state index contributed by atoms with van der Waals surface area (Å²) in [6, 6.07) is 5.58. The number of aliphatic imine (C=N–C) groups is 1. The van der Waals surface area contributed by atoms with Crippen molar-refractivity contribution in [3.63, 3.8) is 0 Å². The number of nitrogens with two attached hydrogens (primary N) is 1. The number of aromatic nitrogens is 1. The van der Waals surface area contributed by atoms with Crippen LogP contribution >= 0.6 is 12.2 Å². The number of hydrazone groups is 1. The molecule has 96 valence electrons. The molecule has 0 bridgehead atoms. The van der Waals surface area contributed by atoms with Crippen LogP contribution in [-0.4, -0.2) is 21.5 Å². The van der Waals surface area contributed by atoms with Gasteiger partial charge in [0.2, 0.25) is 0 Å². The molecule has 0 amide bonds. The van der Waals surface area contributed by atoms with Crippen molar-refractivity contribution in [3.8, 4) is 0 Å². The first kappa shape index (κ1) is 13.1. The lowest BCUT2D eigenvalue weighted by molar-refractivity contribution is 1.03. The zero-order valence-electron chi connectivity index (χ0n) is 10.2. The summed E-state index contributed by atoms with van der Waals surface area (Å²) in [5, 5.41) is 4.28. The lowest BCUT2D eigenvalue weighted by atomic mass is 10.1. The molecule has 6 heteroatoms. The van der Waals surface area contributed by atoms with Gasteiger partial charge in [-0.2, -0.15) is 5.10 Å². The predicted molar refractivity (Wildman–Crippen MR) is 81.0 cm³/mol. The Morgan fingerprint density at radius 3 is 3.00 bits per heavy atom. The highest BCUT2D eigenvalue weighted by Crippen LogP contribution is 2.04. The second-order valence-corrected chi connectivity index (χ2v) is 4.13. The Bertz CT molecular complexity index is 572. The van der Waals surface area contributed by atoms with Crippen molar-refractivity contribution < 1.29 is 0 Å². The van der Waals surface area contributed by atoms with E-state index >= 15 is 0 Å². The van der Waals surface area contributed by atoms with E-state index < -0.39 is 0 Å². The molecule has 1 aliphatic heterocycles. The van der Waals surface area contributed by atoms with Crippen LogP contribution in [0, 0.1) is 0 Å². The first-order valence-corrected chi connectivity index (χ1v) is 6.12. The maximum Gasteiger partial charge on any atom is 0.184 e. The average Bonchev–Trinajstić information content (AvgIpc) is 2.69. The minimum Gasteiger partial charge on any atom is -0.375 e. The molecular formula is C13H13N5S. The van der Waals surface area contributed by atoms with E-state index in [1.54, 1.807) is 12.4 Å². The number of thiocarbonyl (C=S) groups is 1. The van der Waals surface area contributed by atoms with Crippen molar-refractivity contribution in [2.45, 2.75) is 6.42 Å². The van der Waals surface area contributed by atoms with Gasteiger partial charge in [-0.15, -0.1) is 0 Å². The van der Waals surface area contributed by atoms with Crippen LogP contribution in [0.15, 0.2) is 58.9 Å². The zero-order valence-corrected chi connectivity index (χ0v) is 11.0. The van der Waals surface area contributed by atoms with Crippen molar-refractivity contribution in [2.24, 2.45) is 15.8 Å². The number of nitrogens with one attached hydrogen (secondary N) is 1. The summed E-state index contributed by atoms with van der Waals surface area (Å²) in [6.07, 6.45) is 10.1. The molecule has 0 spiro atoms. The Balaban J connectivity index is 2.40. The summed E-state index contributed by atoms with van der Waals surface area (Å²) in [5.41, 5.74) is 9.98. The maximum atomic E-state index is 5.40. The first-order valence-electron chi connectivity index (χ1n) is 5.71. The van der Waals surface area contributed by atoms with E-state index in [0.717, 1.165) is 6.42 Å². The fraction of sp³-hybridized carbons (Fsp3) is 0.0769. The molecule has 2 heterocycles. The smallest absolute Gasteiger partial charge is 0.184 e. The molecule has 19 heavy (non-hydrogen) atoms. The van der Waals surface area contributed by atoms with Gasteiger partial charge in [-0.25, -0.2) is 0 Å². The van der Waals surface area contributed by atoms with E-state index in [9.17, 15) is 0 Å². The van der Waals surface area contributed by atoms with Crippen molar-refractivity contribution in [3.05, 3.63) is 54.5 Å². The van der Waals surface area contributed by atoms with Gasteiger partial charge in [-0.3, -0.25) is 15.4 Å². The number of pyridine rings is 1. The van der Waals surface area contributed by atoms with E-state index in [2.05, 4.69) is 20.5 Å². The van der Waals surface area contributed by atoms with Gasteiger partial charge in [0.15, 0.2) is 5.11 Å². The Hall–Kier alpha value is -2.34. The van der Waals surface area contributed by atoms with Gasteiger partial charge < -0.3 is 5.73 Å². The van der Waals surface area contributed by atoms with Gasteiger partial charge in [-0.05, 0) is 36.8 Å². The SMILES string of the molecule is NC(=S)NN=C(C1=NC=CCC=C1)c1ccccn1. The Labute approximate surface area is 116 Å². The van der Waals surface area contributed by atoms with Gasteiger partial charge in [0.05, 0.1) is 11.4 Å². The molecule has 0 aliphatic carbocycles. The molecule has 3 N–H and O–H groups in total. The predicted octanol–water partition coefficient (Wildman–Crippen LogP) is 1.53. The van der Waals surface area contributed by atoms with Gasteiger partial charge in [0.1, 0.15) is 5.71 Å². The van der Waals surface area contributed by atoms with Crippen LogP contribution in [0.3, 0.4) is 0 Å². The number of allylic oxidation sites excluding steroid dienone is 3. The van der Waals surface area contributed by atoms with Crippen LogP contribution in [0.25, 0.3) is 0 Å². The number of rotatable bonds is 3. The van der Waals surface area contributed by atoms with E-state index in [1.807, 2.05) is 36.4 Å². The Morgan fingerprint density at radius 1 is 1.37 bits per heavy atom. The molecule has 1 aliphatic rings. The largest absolute Gasteiger partial charge is 0.375 e. The van der Waals surface area contributed by atoms with Crippen LogP contribution in [-0.2, 0) is 0 Å². The molecule has 0 fully saturated rings. The third-order valence-electron chi connectivity index (χ3n) is 2.29. The summed E-state index contributed by atoms with van der Waals surface area (Å²) in [6.45, 7) is 0. The van der Waals surface area contributed by atoms with Gasteiger partial charge >= 0.3 is 0 Å². The third-order valence-corrected chi connectivity index (χ3v) is 2.39. The second kappa shape index (κ2) is 6.55. The molecular weight excluding hydrogens is 258 g/mol. The van der Waals surface area contributed by atoms with Crippen molar-refractivity contribution >= 4 is 28.8 Å². The molecule has 0 atom stereocenters. The third kappa shape index (κ3) is 3.82. The molecule has 0 saturated heterocycles. The van der Waals surface area contributed by atoms with Crippen LogP contribution in [0.5, 0.6) is 0 Å². The number of hydrogen-bond donors (Lipinski definition) is 2. The monoisotopic (exact) mass is 271 g/mol. The quantitative estimate of drug-likeness (QED) is 0.496. The fourth-order valence-electron chi connectivity index (χ4n) is 1.49. The highest BCUT2D eigenvalue weighted by molar-refractivity contribution is 7.80. The first-order chi connectivity index (χ1) is 9.27. The Kier molecular flexibility index (Phi) is 4.52. The fourth-order valence-corrected chi connectivity index (χ4v) is 1.54. The number of hydrogen-bond acceptors (Lipinski definition) is 4. The zero-order chi connectivity index (χ0) is 13.5. The van der Waals surface area contributed by atoms with Crippen molar-refractivity contribution in [2.75, 3.05) is 0 Å². The number of nitrogens with zero attached hydrogens (tertiary/aromatic N) is 3. The molecule has 0 unspecified atom stereocenters. The van der Waals surface area contributed by atoms with E-state index in [1.165, 1.54) is 0 Å². The van der Waals surface area contributed by atoms with Gasteiger partial charge in [0.25, 0.3) is 0 Å². The van der Waals surface area contributed by atoms with Crippen molar-refractivity contribution in [1.29, 1.82) is 0 Å². The highest BCUT2D eigenvalue weighted by Gasteiger charge is 2.11. The van der Waals surface area contributed by atoms with Crippen LogP contribution < -0.4 is 11.2 Å². The topological polar surface area (TPSA) is 75.7 Å².